The third-order valence-electron chi connectivity index (χ3n) is 4.37. The third-order valence-corrected chi connectivity index (χ3v) is 7.48. The molecule has 0 aromatic heterocycles. The van der Waals surface area contributed by atoms with Crippen LogP contribution in [0.4, 0.5) is 52.7 Å². The first-order chi connectivity index (χ1) is 18.2. The molecule has 0 aliphatic heterocycles. The molecule has 3 rings (SSSR count). The van der Waals surface area contributed by atoms with Crippen LogP contribution in [0.2, 0.25) is 0 Å². The van der Waals surface area contributed by atoms with Crippen molar-refractivity contribution in [2.24, 2.45) is 0 Å². The number of alkyl halides is 12. The van der Waals surface area contributed by atoms with Gasteiger partial charge in [0.05, 0.1) is 10.9 Å². The second-order valence-corrected chi connectivity index (χ2v) is 10.6. The first-order valence-electron chi connectivity index (χ1n) is 10.2. The predicted octanol–water partition coefficient (Wildman–Crippen LogP) is 7.92. The van der Waals surface area contributed by atoms with Crippen LogP contribution in [0, 0.1) is 0 Å². The minimum atomic E-state index is -7.43. The molecule has 3 aromatic rings. The summed E-state index contributed by atoms with van der Waals surface area (Å²) in [5.41, 5.74) is 0. The fourth-order valence-electron chi connectivity index (χ4n) is 2.60. The molecule has 0 aliphatic rings. The topological polar surface area (TPSA) is 57.2 Å². The number of hydrogen-bond acceptors (Lipinski definition) is 3. The van der Waals surface area contributed by atoms with Gasteiger partial charge in [0.2, 0.25) is 0 Å². The van der Waals surface area contributed by atoms with E-state index in [1.54, 1.807) is 0 Å². The van der Waals surface area contributed by atoms with Gasteiger partial charge in [0, 0.05) is 0 Å². The van der Waals surface area contributed by atoms with Crippen molar-refractivity contribution in [3.8, 4) is 0 Å². The van der Waals surface area contributed by atoms with Gasteiger partial charge in [0.1, 0.15) is 0 Å². The molecule has 0 N–H and O–H groups in total. The van der Waals surface area contributed by atoms with Crippen molar-refractivity contribution < 1.29 is 65.7 Å². The predicted molar refractivity (Wildman–Crippen MR) is 119 cm³/mol. The highest BCUT2D eigenvalue weighted by Crippen LogP contribution is 2.54. The normalized spacial score (nSPS) is 12.8. The highest BCUT2D eigenvalue weighted by molar-refractivity contribution is 7.97. The minimum Gasteiger partial charge on any atom is -0.743 e. The Morgan fingerprint density at radius 1 is 0.550 bits per heavy atom. The van der Waals surface area contributed by atoms with Gasteiger partial charge >= 0.3 is 30.0 Å². The molecule has 40 heavy (non-hydrogen) atoms. The Morgan fingerprint density at radius 3 is 1.00 bits per heavy atom. The monoisotopic (exact) mass is 632 g/mol. The lowest BCUT2D eigenvalue weighted by molar-refractivity contribution is -0.382. The molecule has 3 aromatic carbocycles. The molecule has 0 saturated carbocycles. The van der Waals surface area contributed by atoms with E-state index < -0.39 is 40.1 Å². The molecule has 0 spiro atoms. The van der Waals surface area contributed by atoms with Crippen LogP contribution in [0.25, 0.3) is 0 Å². The molecule has 17 heteroatoms. The van der Waals surface area contributed by atoms with Gasteiger partial charge in [-0.05, 0) is 36.4 Å². The van der Waals surface area contributed by atoms with Crippen LogP contribution in [0.5, 0.6) is 0 Å². The molecule has 0 amide bonds. The zero-order chi connectivity index (χ0) is 31.0. The molecule has 0 radical (unpaired) electrons. The summed E-state index contributed by atoms with van der Waals surface area (Å²) in [5.74, 6) is -14.8. The van der Waals surface area contributed by atoms with Crippen LogP contribution in [-0.4, -0.2) is 42.9 Å². The van der Waals surface area contributed by atoms with Gasteiger partial charge in [0.15, 0.2) is 24.8 Å². The van der Waals surface area contributed by atoms with Gasteiger partial charge in [-0.1, -0.05) is 54.6 Å². The Hall–Kier alpha value is -2.92. The molecule has 0 heterocycles. The van der Waals surface area contributed by atoms with Crippen molar-refractivity contribution in [1.29, 1.82) is 0 Å². The molecule has 0 saturated heterocycles. The Labute approximate surface area is 222 Å². The largest absolute Gasteiger partial charge is 0.743 e. The fraction of sp³-hybridized carbons (Fsp3) is 0.217. The Balaban J connectivity index is 0.000000356. The SMILES string of the molecule is FC(F)F.O=S(=O)([O-])C(F)(F)C(F)(F)C(F)(F)C(F)(F)F.c1ccc([S+](c2ccccc2)c2ccccc2)cc1. The van der Waals surface area contributed by atoms with E-state index in [-0.39, 0.29) is 10.9 Å². The Bertz CT molecular complexity index is 1180. The molecule has 0 atom stereocenters. The van der Waals surface area contributed by atoms with Crippen molar-refractivity contribution in [2.45, 2.75) is 44.6 Å². The van der Waals surface area contributed by atoms with E-state index in [9.17, 15) is 65.7 Å². The first kappa shape index (κ1) is 35.1. The lowest BCUT2D eigenvalue weighted by atomic mass is 10.1. The van der Waals surface area contributed by atoms with Crippen molar-refractivity contribution in [3.63, 3.8) is 0 Å². The van der Waals surface area contributed by atoms with Gasteiger partial charge in [-0.3, -0.25) is 0 Å². The summed E-state index contributed by atoms with van der Waals surface area (Å²) >= 11 is 0. The summed E-state index contributed by atoms with van der Waals surface area (Å²) in [7, 11) is -7.43. The minimum absolute atomic E-state index is 0.0146. The van der Waals surface area contributed by atoms with E-state index in [0.29, 0.717) is 0 Å². The second kappa shape index (κ2) is 13.6. The van der Waals surface area contributed by atoms with E-state index in [1.807, 2.05) is 0 Å². The maximum Gasteiger partial charge on any atom is 0.460 e. The lowest BCUT2D eigenvalue weighted by Crippen LogP contribution is -2.63. The second-order valence-electron chi connectivity index (χ2n) is 7.11. The highest BCUT2D eigenvalue weighted by Gasteiger charge is 2.83. The van der Waals surface area contributed by atoms with Crippen molar-refractivity contribution in [3.05, 3.63) is 91.0 Å². The molecule has 0 aliphatic carbocycles. The van der Waals surface area contributed by atoms with Gasteiger partial charge in [0.25, 0.3) is 0 Å². The van der Waals surface area contributed by atoms with E-state index in [1.165, 1.54) is 14.7 Å². The van der Waals surface area contributed by atoms with Crippen molar-refractivity contribution in [2.75, 3.05) is 0 Å². The van der Waals surface area contributed by atoms with Crippen molar-refractivity contribution >= 4 is 21.0 Å². The average molecular weight is 632 g/mol. The number of benzene rings is 3. The number of hydrogen-bond donors (Lipinski definition) is 0. The van der Waals surface area contributed by atoms with Gasteiger partial charge in [-0.25, -0.2) is 8.42 Å². The van der Waals surface area contributed by atoms with E-state index in [4.69, 9.17) is 0 Å². The summed E-state index contributed by atoms with van der Waals surface area (Å²) < 4.78 is 164. The number of rotatable bonds is 6. The summed E-state index contributed by atoms with van der Waals surface area (Å²) in [6, 6.07) is 32.2. The van der Waals surface area contributed by atoms with E-state index in [2.05, 4.69) is 91.0 Å². The summed E-state index contributed by atoms with van der Waals surface area (Å²) in [6.07, 6.45) is -7.16. The molecule has 222 valence electrons. The van der Waals surface area contributed by atoms with E-state index >= 15 is 0 Å². The smallest absolute Gasteiger partial charge is 0.460 e. The lowest BCUT2D eigenvalue weighted by Gasteiger charge is -2.34. The van der Waals surface area contributed by atoms with E-state index in [0.717, 1.165) is 0 Å². The first-order valence-corrected chi connectivity index (χ1v) is 12.8. The van der Waals surface area contributed by atoms with Crippen LogP contribution in [0.15, 0.2) is 106 Å². The van der Waals surface area contributed by atoms with Crippen LogP contribution in [0.3, 0.4) is 0 Å². The molecular formula is C23H16F12O3S2. The van der Waals surface area contributed by atoms with Crippen LogP contribution < -0.4 is 0 Å². The molecule has 3 nitrogen and oxygen atoms in total. The summed E-state index contributed by atoms with van der Waals surface area (Å²) in [5, 5.41) is -7.11. The standard InChI is InChI=1S/C18H15S.C4HF9O3S.CHF3/c1-4-10-16(11-5-1)19(17-12-6-2-7-13-17)18-14-8-3-9-15-18;5-1(6,3(9,10)11)2(7,8)4(12,13)17(14,15)16;2-1(3)4/h1-15H;(H,14,15,16);1H/q+1;;/p-1. The fourth-order valence-corrected chi connectivity index (χ4v) is 5.14. The zero-order valence-corrected chi connectivity index (χ0v) is 20.9. The van der Waals surface area contributed by atoms with Crippen LogP contribution >= 0.6 is 0 Å². The van der Waals surface area contributed by atoms with Gasteiger partial charge in [-0.2, -0.15) is 52.7 Å². The number of halogens is 12. The zero-order valence-electron chi connectivity index (χ0n) is 19.3. The summed E-state index contributed by atoms with van der Waals surface area (Å²) in [6.45, 7) is -3.67. The molecule has 0 bridgehead atoms. The maximum atomic E-state index is 12.2. The van der Waals surface area contributed by atoms with Gasteiger partial charge in [-0.15, -0.1) is 0 Å². The third kappa shape index (κ3) is 8.54. The van der Waals surface area contributed by atoms with Crippen molar-refractivity contribution in [1.82, 2.24) is 0 Å². The Kier molecular flexibility index (Phi) is 12.0. The molecule has 0 fully saturated rings. The average Bonchev–Trinajstić information content (AvgIpc) is 2.85. The van der Waals surface area contributed by atoms with Gasteiger partial charge < -0.3 is 4.55 Å². The maximum absolute atomic E-state index is 12.2. The van der Waals surface area contributed by atoms with Crippen LogP contribution in [0.1, 0.15) is 0 Å². The highest BCUT2D eigenvalue weighted by atomic mass is 32.2. The molecule has 0 unspecified atom stereocenters. The quantitative estimate of drug-likeness (QED) is 0.158. The molecular weight excluding hydrogens is 616 g/mol. The van der Waals surface area contributed by atoms with Crippen LogP contribution in [-0.2, 0) is 21.0 Å². The summed E-state index contributed by atoms with van der Waals surface area (Å²) in [4.78, 5) is 4.08. The Morgan fingerprint density at radius 2 is 0.800 bits per heavy atom.